The second kappa shape index (κ2) is 7.61. The average molecular weight is 320 g/mol. The number of halogens is 1. The molecular weight excluding hydrogens is 302 g/mol. The quantitative estimate of drug-likeness (QED) is 0.617. The molecule has 112 valence electrons. The minimum atomic E-state index is -3.84. The summed E-state index contributed by atoms with van der Waals surface area (Å²) in [6.45, 7) is 2.87. The summed E-state index contributed by atoms with van der Waals surface area (Å²) in [6.07, 6.45) is 1.65. The van der Waals surface area contributed by atoms with Gasteiger partial charge in [0, 0.05) is 36.5 Å². The van der Waals surface area contributed by atoms with Gasteiger partial charge in [-0.1, -0.05) is 0 Å². The minimum Gasteiger partial charge on any atom is -0.385 e. The molecule has 20 heavy (non-hydrogen) atoms. The van der Waals surface area contributed by atoms with Gasteiger partial charge >= 0.3 is 0 Å². The molecule has 1 N–H and O–H groups in total. The summed E-state index contributed by atoms with van der Waals surface area (Å²) in [4.78, 5) is 11.9. The molecular formula is C13H18ClNO4S. The number of ether oxygens (including phenoxy) is 1. The van der Waals surface area contributed by atoms with Crippen LogP contribution in [0.3, 0.4) is 0 Å². The molecule has 1 amide bonds. The van der Waals surface area contributed by atoms with E-state index in [0.717, 1.165) is 12.8 Å². The third-order valence-corrected chi connectivity index (χ3v) is 3.99. The second-order valence-electron chi connectivity index (χ2n) is 4.43. The van der Waals surface area contributed by atoms with E-state index in [9.17, 15) is 13.2 Å². The third kappa shape index (κ3) is 5.48. The Morgan fingerprint density at radius 3 is 2.60 bits per heavy atom. The number of benzene rings is 1. The van der Waals surface area contributed by atoms with Crippen molar-refractivity contribution in [2.75, 3.05) is 20.3 Å². The Morgan fingerprint density at radius 2 is 2.00 bits per heavy atom. The standard InChI is InChI=1S/C13H18ClNO4S/c1-10-7-11(9-12(8-10)20(14,17)18)13(16)15-5-3-4-6-19-2/h7-9H,3-6H2,1-2H3,(H,15,16). The number of amides is 1. The lowest BCUT2D eigenvalue weighted by molar-refractivity contribution is 0.0951. The van der Waals surface area contributed by atoms with E-state index in [1.54, 1.807) is 20.1 Å². The summed E-state index contributed by atoms with van der Waals surface area (Å²) in [7, 11) is 3.08. The van der Waals surface area contributed by atoms with E-state index in [0.29, 0.717) is 18.7 Å². The lowest BCUT2D eigenvalue weighted by Crippen LogP contribution is -2.24. The molecule has 0 heterocycles. The number of nitrogens with one attached hydrogen (secondary N) is 1. The molecule has 0 spiro atoms. The van der Waals surface area contributed by atoms with Crippen molar-refractivity contribution in [3.63, 3.8) is 0 Å². The van der Waals surface area contributed by atoms with Gasteiger partial charge in [0.05, 0.1) is 4.90 Å². The van der Waals surface area contributed by atoms with Gasteiger partial charge in [-0.15, -0.1) is 0 Å². The van der Waals surface area contributed by atoms with Crippen molar-refractivity contribution in [2.24, 2.45) is 0 Å². The average Bonchev–Trinajstić information content (AvgIpc) is 2.36. The zero-order chi connectivity index (χ0) is 15.2. The Hall–Kier alpha value is -1.11. The van der Waals surface area contributed by atoms with Crippen LogP contribution in [0.15, 0.2) is 23.1 Å². The SMILES string of the molecule is COCCCCNC(=O)c1cc(C)cc(S(=O)(=O)Cl)c1. The summed E-state index contributed by atoms with van der Waals surface area (Å²) in [6, 6.07) is 4.33. The van der Waals surface area contributed by atoms with Crippen molar-refractivity contribution in [3.8, 4) is 0 Å². The summed E-state index contributed by atoms with van der Waals surface area (Å²) < 4.78 is 27.5. The highest BCUT2D eigenvalue weighted by Crippen LogP contribution is 2.18. The lowest BCUT2D eigenvalue weighted by Gasteiger charge is -2.07. The Kier molecular flexibility index (Phi) is 6.45. The second-order valence-corrected chi connectivity index (χ2v) is 6.99. The molecule has 0 aliphatic carbocycles. The first-order valence-electron chi connectivity index (χ1n) is 6.18. The van der Waals surface area contributed by atoms with E-state index in [-0.39, 0.29) is 16.4 Å². The molecule has 0 saturated carbocycles. The smallest absolute Gasteiger partial charge is 0.261 e. The number of hydrogen-bond donors (Lipinski definition) is 1. The van der Waals surface area contributed by atoms with Gasteiger partial charge in [-0.25, -0.2) is 8.42 Å². The Bertz CT molecular complexity index is 572. The number of carbonyl (C=O) groups is 1. The van der Waals surface area contributed by atoms with Gasteiger partial charge in [-0.05, 0) is 43.5 Å². The molecule has 1 aromatic rings. The highest BCUT2D eigenvalue weighted by Gasteiger charge is 2.14. The predicted molar refractivity (Wildman–Crippen MR) is 77.7 cm³/mol. The van der Waals surface area contributed by atoms with Gasteiger partial charge in [-0.3, -0.25) is 4.79 Å². The number of methoxy groups -OCH3 is 1. The van der Waals surface area contributed by atoms with Crippen LogP contribution < -0.4 is 5.32 Å². The first-order chi connectivity index (χ1) is 9.34. The Balaban J connectivity index is 2.71. The van der Waals surface area contributed by atoms with Gasteiger partial charge in [-0.2, -0.15) is 0 Å². The topological polar surface area (TPSA) is 72.5 Å². The normalized spacial score (nSPS) is 11.3. The van der Waals surface area contributed by atoms with Gasteiger partial charge in [0.1, 0.15) is 0 Å². The molecule has 0 atom stereocenters. The van der Waals surface area contributed by atoms with Crippen LogP contribution in [-0.2, 0) is 13.8 Å². The highest BCUT2D eigenvalue weighted by atomic mass is 35.7. The Morgan fingerprint density at radius 1 is 1.30 bits per heavy atom. The van der Waals surface area contributed by atoms with Crippen LogP contribution in [0.25, 0.3) is 0 Å². The highest BCUT2D eigenvalue weighted by molar-refractivity contribution is 8.13. The van der Waals surface area contributed by atoms with Crippen LogP contribution in [0.1, 0.15) is 28.8 Å². The first-order valence-corrected chi connectivity index (χ1v) is 8.49. The molecule has 0 unspecified atom stereocenters. The van der Waals surface area contributed by atoms with E-state index in [1.807, 2.05) is 0 Å². The molecule has 1 rings (SSSR count). The van der Waals surface area contributed by atoms with E-state index in [2.05, 4.69) is 5.32 Å². The number of aryl methyl sites for hydroxylation is 1. The lowest BCUT2D eigenvalue weighted by atomic mass is 10.1. The van der Waals surface area contributed by atoms with Gasteiger partial charge < -0.3 is 10.1 Å². The molecule has 0 fully saturated rings. The Labute approximate surface area is 123 Å². The zero-order valence-electron chi connectivity index (χ0n) is 11.5. The van der Waals surface area contributed by atoms with Crippen LogP contribution in [0.5, 0.6) is 0 Å². The van der Waals surface area contributed by atoms with Crippen LogP contribution in [0.4, 0.5) is 0 Å². The van der Waals surface area contributed by atoms with Crippen molar-refractivity contribution in [1.29, 1.82) is 0 Å². The molecule has 0 aliphatic rings. The molecule has 1 aromatic carbocycles. The minimum absolute atomic E-state index is 0.0660. The van der Waals surface area contributed by atoms with Crippen molar-refractivity contribution < 1.29 is 17.9 Å². The fourth-order valence-electron chi connectivity index (χ4n) is 1.70. The summed E-state index contributed by atoms with van der Waals surface area (Å²) in [5.41, 5.74) is 0.951. The van der Waals surface area contributed by atoms with Gasteiger partial charge in [0.2, 0.25) is 0 Å². The fourth-order valence-corrected chi connectivity index (χ4v) is 2.56. The molecule has 0 aliphatic heterocycles. The molecule has 7 heteroatoms. The summed E-state index contributed by atoms with van der Waals surface area (Å²) in [5, 5.41) is 2.73. The maximum absolute atomic E-state index is 11.9. The number of rotatable bonds is 7. The maximum Gasteiger partial charge on any atom is 0.261 e. The predicted octanol–water partition coefficient (Wildman–Crippen LogP) is 2.08. The summed E-state index contributed by atoms with van der Waals surface area (Å²) in [5.74, 6) is -0.312. The summed E-state index contributed by atoms with van der Waals surface area (Å²) >= 11 is 0. The molecule has 5 nitrogen and oxygen atoms in total. The number of unbranched alkanes of at least 4 members (excludes halogenated alkanes) is 1. The van der Waals surface area contributed by atoms with Crippen LogP contribution in [0.2, 0.25) is 0 Å². The zero-order valence-corrected chi connectivity index (χ0v) is 13.1. The van der Waals surface area contributed by atoms with E-state index >= 15 is 0 Å². The third-order valence-electron chi connectivity index (χ3n) is 2.66. The van der Waals surface area contributed by atoms with Crippen molar-refractivity contribution in [3.05, 3.63) is 29.3 Å². The molecule has 0 bridgehead atoms. The van der Waals surface area contributed by atoms with Gasteiger partial charge in [0.15, 0.2) is 0 Å². The van der Waals surface area contributed by atoms with E-state index in [4.69, 9.17) is 15.4 Å². The van der Waals surface area contributed by atoms with Crippen LogP contribution >= 0.6 is 10.7 Å². The van der Waals surface area contributed by atoms with Crippen molar-refractivity contribution in [2.45, 2.75) is 24.7 Å². The fraction of sp³-hybridized carbons (Fsp3) is 0.462. The van der Waals surface area contributed by atoms with Crippen molar-refractivity contribution in [1.82, 2.24) is 5.32 Å². The van der Waals surface area contributed by atoms with Crippen molar-refractivity contribution >= 4 is 25.6 Å². The maximum atomic E-state index is 11.9. The largest absolute Gasteiger partial charge is 0.385 e. The van der Waals surface area contributed by atoms with E-state index in [1.165, 1.54) is 12.1 Å². The number of hydrogen-bond acceptors (Lipinski definition) is 4. The van der Waals surface area contributed by atoms with Crippen LogP contribution in [-0.4, -0.2) is 34.6 Å². The first kappa shape index (κ1) is 16.9. The monoisotopic (exact) mass is 319 g/mol. The number of carbonyl (C=O) groups excluding carboxylic acids is 1. The molecule has 0 radical (unpaired) electrons. The molecule has 0 aromatic heterocycles. The van der Waals surface area contributed by atoms with E-state index < -0.39 is 9.05 Å². The molecule has 0 saturated heterocycles. The van der Waals surface area contributed by atoms with Gasteiger partial charge in [0.25, 0.3) is 15.0 Å². The van der Waals surface area contributed by atoms with Crippen LogP contribution in [0, 0.1) is 6.92 Å².